The Labute approximate surface area is 217 Å². The minimum absolute atomic E-state index is 0.00950. The number of aryl methyl sites for hydroxylation is 1. The third-order valence-corrected chi connectivity index (χ3v) is 11.0. The van der Waals surface area contributed by atoms with E-state index in [1.807, 2.05) is 0 Å². The summed E-state index contributed by atoms with van der Waals surface area (Å²) in [5.41, 5.74) is 2.64. The molecule has 1 aliphatic heterocycles. The Bertz CT molecular complexity index is 895. The number of aromatic nitrogens is 3. The van der Waals surface area contributed by atoms with Crippen molar-refractivity contribution in [2.45, 2.75) is 116 Å². The average molecular weight is 517 g/mol. The van der Waals surface area contributed by atoms with Crippen LogP contribution in [0, 0.1) is 0 Å². The maximum absolute atomic E-state index is 12.1. The molecule has 0 aromatic carbocycles. The molecule has 1 saturated heterocycles. The SMILES string of the molecule is C=C(C)C[Si](C)(CCCCCCCCCCCn1cc(C(=O)ON2C(=O)CCC2=O)nn1)CC(=C)C. The Morgan fingerprint density at radius 1 is 0.917 bits per heavy atom. The van der Waals surface area contributed by atoms with Crippen LogP contribution in [0.25, 0.3) is 0 Å². The van der Waals surface area contributed by atoms with Crippen LogP contribution in [-0.4, -0.2) is 45.9 Å². The monoisotopic (exact) mass is 516 g/mol. The molecular formula is C27H44N4O4Si. The van der Waals surface area contributed by atoms with Gasteiger partial charge in [0, 0.05) is 19.4 Å². The maximum Gasteiger partial charge on any atom is 0.385 e. The number of carbonyl (C=O) groups excluding carboxylic acids is 3. The molecule has 200 valence electrons. The van der Waals surface area contributed by atoms with Crippen molar-refractivity contribution in [1.29, 1.82) is 0 Å². The highest BCUT2D eigenvalue weighted by Gasteiger charge is 2.33. The predicted octanol–water partition coefficient (Wildman–Crippen LogP) is 6.24. The van der Waals surface area contributed by atoms with Crippen LogP contribution in [0.2, 0.25) is 24.7 Å². The number of hydrogen-bond donors (Lipinski definition) is 0. The molecule has 0 saturated carbocycles. The number of allylic oxidation sites excluding steroid dienone is 2. The van der Waals surface area contributed by atoms with Crippen LogP contribution < -0.4 is 0 Å². The number of unbranched alkanes of at least 4 members (excludes halogenated alkanes) is 8. The van der Waals surface area contributed by atoms with Gasteiger partial charge in [-0.15, -0.1) is 23.3 Å². The number of amides is 2. The van der Waals surface area contributed by atoms with Gasteiger partial charge in [0.1, 0.15) is 0 Å². The predicted molar refractivity (Wildman–Crippen MR) is 144 cm³/mol. The lowest BCUT2D eigenvalue weighted by molar-refractivity contribution is -0.172. The lowest BCUT2D eigenvalue weighted by Gasteiger charge is -2.28. The summed E-state index contributed by atoms with van der Waals surface area (Å²) < 4.78 is 1.60. The second-order valence-corrected chi connectivity index (χ2v) is 15.7. The lowest BCUT2D eigenvalue weighted by Crippen LogP contribution is -2.32. The number of nitrogens with zero attached hydrogens (tertiary/aromatic N) is 4. The molecule has 0 unspecified atom stereocenters. The highest BCUT2D eigenvalue weighted by molar-refractivity contribution is 6.79. The van der Waals surface area contributed by atoms with E-state index in [0.717, 1.165) is 12.8 Å². The molecule has 2 amide bonds. The molecule has 0 atom stereocenters. The zero-order chi connectivity index (χ0) is 26.6. The second kappa shape index (κ2) is 14.9. The average Bonchev–Trinajstić information content (AvgIpc) is 3.38. The lowest BCUT2D eigenvalue weighted by atomic mass is 10.1. The van der Waals surface area contributed by atoms with Gasteiger partial charge in [-0.05, 0) is 32.4 Å². The molecule has 1 aromatic heterocycles. The first-order valence-electron chi connectivity index (χ1n) is 13.4. The van der Waals surface area contributed by atoms with E-state index in [1.165, 1.54) is 80.4 Å². The van der Waals surface area contributed by atoms with Gasteiger partial charge in [-0.3, -0.25) is 14.3 Å². The van der Waals surface area contributed by atoms with Crippen LogP contribution in [-0.2, 0) is 21.0 Å². The van der Waals surface area contributed by atoms with Crippen LogP contribution in [0.3, 0.4) is 0 Å². The zero-order valence-electron chi connectivity index (χ0n) is 22.5. The normalized spacial score (nSPS) is 13.9. The standard InChI is InChI=1S/C27H44N4O4Si/c1-22(2)20-36(5,21-23(3)4)18-14-12-10-8-6-7-9-11-13-17-30-19-24(28-29-30)27(34)35-31-25(32)15-16-26(31)33/h19H,1,3,6-18,20-21H2,2,4-5H3. The highest BCUT2D eigenvalue weighted by Crippen LogP contribution is 2.30. The third-order valence-electron chi connectivity index (χ3n) is 6.55. The summed E-state index contributed by atoms with van der Waals surface area (Å²) in [4.78, 5) is 40.1. The summed E-state index contributed by atoms with van der Waals surface area (Å²) in [6.45, 7) is 15.8. The van der Waals surface area contributed by atoms with Crippen molar-refractivity contribution >= 4 is 25.9 Å². The van der Waals surface area contributed by atoms with Gasteiger partial charge in [-0.25, -0.2) is 4.79 Å². The number of imide groups is 1. The fraction of sp³-hybridized carbons (Fsp3) is 0.667. The van der Waals surface area contributed by atoms with Crippen molar-refractivity contribution in [3.63, 3.8) is 0 Å². The minimum Gasteiger partial charge on any atom is -0.323 e. The van der Waals surface area contributed by atoms with E-state index in [0.29, 0.717) is 11.6 Å². The summed E-state index contributed by atoms with van der Waals surface area (Å²) in [5, 5.41) is 8.26. The van der Waals surface area contributed by atoms with Crippen LogP contribution in [0.1, 0.15) is 95.0 Å². The van der Waals surface area contributed by atoms with Crippen molar-refractivity contribution in [2.24, 2.45) is 0 Å². The van der Waals surface area contributed by atoms with E-state index in [9.17, 15) is 14.4 Å². The number of hydrogen-bond acceptors (Lipinski definition) is 6. The number of hydroxylamine groups is 2. The Balaban J connectivity index is 1.51. The number of carbonyl (C=O) groups is 3. The maximum atomic E-state index is 12.1. The first kappa shape index (κ1) is 29.7. The quantitative estimate of drug-likeness (QED) is 0.0992. The van der Waals surface area contributed by atoms with Crippen molar-refractivity contribution < 1.29 is 19.2 Å². The first-order valence-corrected chi connectivity index (χ1v) is 16.5. The van der Waals surface area contributed by atoms with E-state index in [4.69, 9.17) is 4.84 Å². The van der Waals surface area contributed by atoms with Gasteiger partial charge in [0.25, 0.3) is 11.8 Å². The first-order chi connectivity index (χ1) is 17.1. The fourth-order valence-electron chi connectivity index (χ4n) is 5.05. The topological polar surface area (TPSA) is 94.4 Å². The molecule has 2 rings (SSSR count). The summed E-state index contributed by atoms with van der Waals surface area (Å²) in [5.74, 6) is -1.87. The molecule has 9 heteroatoms. The van der Waals surface area contributed by atoms with Crippen molar-refractivity contribution in [3.8, 4) is 0 Å². The van der Waals surface area contributed by atoms with E-state index in [1.54, 1.807) is 4.68 Å². The minimum atomic E-state index is -1.28. The second-order valence-electron chi connectivity index (χ2n) is 10.8. The van der Waals surface area contributed by atoms with Gasteiger partial charge >= 0.3 is 5.97 Å². The molecule has 1 fully saturated rings. The molecule has 1 aromatic rings. The Morgan fingerprint density at radius 2 is 1.42 bits per heavy atom. The van der Waals surface area contributed by atoms with Gasteiger partial charge < -0.3 is 4.84 Å². The van der Waals surface area contributed by atoms with Crippen LogP contribution in [0.4, 0.5) is 0 Å². The van der Waals surface area contributed by atoms with Crippen molar-refractivity contribution in [3.05, 3.63) is 36.2 Å². The molecule has 36 heavy (non-hydrogen) atoms. The van der Waals surface area contributed by atoms with Crippen LogP contribution in [0.15, 0.2) is 30.5 Å². The molecule has 0 N–H and O–H groups in total. The molecule has 2 heterocycles. The zero-order valence-corrected chi connectivity index (χ0v) is 23.5. The van der Waals surface area contributed by atoms with Gasteiger partial charge in [0.15, 0.2) is 5.69 Å². The van der Waals surface area contributed by atoms with Crippen molar-refractivity contribution in [2.75, 3.05) is 0 Å². The van der Waals surface area contributed by atoms with Gasteiger partial charge in [-0.2, -0.15) is 0 Å². The molecule has 0 bridgehead atoms. The summed E-state index contributed by atoms with van der Waals surface area (Å²) in [6, 6.07) is 3.82. The summed E-state index contributed by atoms with van der Waals surface area (Å²) >= 11 is 0. The van der Waals surface area contributed by atoms with E-state index >= 15 is 0 Å². The molecule has 0 spiro atoms. The van der Waals surface area contributed by atoms with E-state index in [2.05, 4.69) is 43.9 Å². The third kappa shape index (κ3) is 10.6. The molecule has 0 aliphatic carbocycles. The summed E-state index contributed by atoms with van der Waals surface area (Å²) in [7, 11) is -1.28. The molecule has 1 aliphatic rings. The molecule has 0 radical (unpaired) electrons. The van der Waals surface area contributed by atoms with Gasteiger partial charge in [0.2, 0.25) is 0 Å². The van der Waals surface area contributed by atoms with Crippen LogP contribution >= 0.6 is 0 Å². The van der Waals surface area contributed by atoms with E-state index < -0.39 is 25.9 Å². The largest absolute Gasteiger partial charge is 0.385 e. The Morgan fingerprint density at radius 3 is 1.94 bits per heavy atom. The summed E-state index contributed by atoms with van der Waals surface area (Å²) in [6.07, 6.45) is 12.7. The highest BCUT2D eigenvalue weighted by atomic mass is 28.3. The fourth-order valence-corrected chi connectivity index (χ4v) is 9.54. The van der Waals surface area contributed by atoms with Gasteiger partial charge in [-0.1, -0.05) is 80.3 Å². The van der Waals surface area contributed by atoms with Gasteiger partial charge in [0.05, 0.1) is 14.3 Å². The number of rotatable bonds is 18. The molecule has 8 nitrogen and oxygen atoms in total. The Kier molecular flexibility index (Phi) is 12.3. The smallest absolute Gasteiger partial charge is 0.323 e. The van der Waals surface area contributed by atoms with Crippen molar-refractivity contribution in [1.82, 2.24) is 20.1 Å². The Hall–Kier alpha value is -2.55. The van der Waals surface area contributed by atoms with Crippen LogP contribution in [0.5, 0.6) is 0 Å². The van der Waals surface area contributed by atoms with E-state index in [-0.39, 0.29) is 18.5 Å². The molecular weight excluding hydrogens is 472 g/mol.